The van der Waals surface area contributed by atoms with Crippen molar-refractivity contribution in [3.8, 4) is 5.75 Å². The summed E-state index contributed by atoms with van der Waals surface area (Å²) in [6.45, 7) is 5.63. The molecule has 0 radical (unpaired) electrons. The van der Waals surface area contributed by atoms with E-state index in [0.717, 1.165) is 28.0 Å². The minimum atomic E-state index is -1.04. The first-order valence-electron chi connectivity index (χ1n) is 8.13. The lowest BCUT2D eigenvalue weighted by Crippen LogP contribution is -2.41. The number of nitrogens with one attached hydrogen (secondary N) is 1. The monoisotopic (exact) mass is 341 g/mol. The Balaban J connectivity index is 2.13. The second kappa shape index (κ2) is 8.33. The van der Waals surface area contributed by atoms with Crippen LogP contribution in [-0.2, 0) is 22.6 Å². The van der Waals surface area contributed by atoms with E-state index in [9.17, 15) is 14.7 Å². The first-order valence-corrected chi connectivity index (χ1v) is 8.13. The molecular weight excluding hydrogens is 318 g/mol. The predicted molar refractivity (Wildman–Crippen MR) is 95.6 cm³/mol. The van der Waals surface area contributed by atoms with E-state index in [1.807, 2.05) is 56.3 Å². The van der Waals surface area contributed by atoms with Crippen molar-refractivity contribution in [2.24, 2.45) is 0 Å². The van der Waals surface area contributed by atoms with Crippen LogP contribution in [0.4, 0.5) is 0 Å². The number of carboxylic acids is 1. The molecule has 0 saturated carbocycles. The van der Waals surface area contributed by atoms with Gasteiger partial charge < -0.3 is 15.2 Å². The topological polar surface area (TPSA) is 75.6 Å². The highest BCUT2D eigenvalue weighted by molar-refractivity contribution is 5.82. The number of amides is 1. The minimum Gasteiger partial charge on any atom is -0.489 e. The van der Waals surface area contributed by atoms with Crippen LogP contribution in [0.15, 0.2) is 42.5 Å². The number of ether oxygens (including phenoxy) is 1. The maximum Gasteiger partial charge on any atom is 0.326 e. The van der Waals surface area contributed by atoms with Crippen LogP contribution in [0.2, 0.25) is 0 Å². The number of hydrogen-bond acceptors (Lipinski definition) is 3. The van der Waals surface area contributed by atoms with Gasteiger partial charge in [0.25, 0.3) is 0 Å². The molecule has 132 valence electrons. The molecule has 5 nitrogen and oxygen atoms in total. The van der Waals surface area contributed by atoms with Gasteiger partial charge in [-0.2, -0.15) is 0 Å². The molecule has 2 aromatic carbocycles. The Bertz CT molecular complexity index is 733. The Hall–Kier alpha value is -2.82. The summed E-state index contributed by atoms with van der Waals surface area (Å²) in [6, 6.07) is 12.7. The second-order valence-electron chi connectivity index (χ2n) is 6.11. The van der Waals surface area contributed by atoms with Gasteiger partial charge in [-0.05, 0) is 48.2 Å². The Morgan fingerprint density at radius 3 is 2.24 bits per heavy atom. The van der Waals surface area contributed by atoms with Crippen LogP contribution in [0.25, 0.3) is 0 Å². The summed E-state index contributed by atoms with van der Waals surface area (Å²) >= 11 is 0. The first kappa shape index (κ1) is 18.5. The van der Waals surface area contributed by atoms with E-state index >= 15 is 0 Å². The Labute approximate surface area is 147 Å². The largest absolute Gasteiger partial charge is 0.489 e. The van der Waals surface area contributed by atoms with Crippen LogP contribution in [0.1, 0.15) is 29.2 Å². The van der Waals surface area contributed by atoms with Crippen LogP contribution < -0.4 is 10.1 Å². The quantitative estimate of drug-likeness (QED) is 0.812. The molecule has 2 aromatic rings. The van der Waals surface area contributed by atoms with Crippen molar-refractivity contribution in [1.29, 1.82) is 0 Å². The normalized spacial score (nSPS) is 11.6. The molecule has 2 N–H and O–H groups in total. The van der Waals surface area contributed by atoms with E-state index in [2.05, 4.69) is 5.32 Å². The summed E-state index contributed by atoms with van der Waals surface area (Å²) in [7, 11) is 0. The van der Waals surface area contributed by atoms with E-state index in [1.165, 1.54) is 6.92 Å². The standard InChI is InChI=1S/C20H23NO4/c1-13-9-17(25-12-16-7-5-4-6-8-16)10-14(2)18(13)11-19(20(23)24)21-15(3)22/h4-10,19H,11-12H2,1-3H3,(H,21,22)(H,23,24). The maximum atomic E-state index is 11.3. The number of hydrogen-bond donors (Lipinski definition) is 2. The van der Waals surface area contributed by atoms with Crippen molar-refractivity contribution in [3.05, 3.63) is 64.7 Å². The lowest BCUT2D eigenvalue weighted by molar-refractivity contribution is -0.141. The zero-order chi connectivity index (χ0) is 18.4. The van der Waals surface area contributed by atoms with Crippen LogP contribution in [-0.4, -0.2) is 23.0 Å². The predicted octanol–water partition coefficient (Wildman–Crippen LogP) is 3.01. The Kier molecular flexibility index (Phi) is 6.17. The molecule has 0 fully saturated rings. The third-order valence-electron chi connectivity index (χ3n) is 4.00. The zero-order valence-corrected chi connectivity index (χ0v) is 14.7. The molecule has 0 heterocycles. The van der Waals surface area contributed by atoms with Crippen molar-refractivity contribution in [3.63, 3.8) is 0 Å². The van der Waals surface area contributed by atoms with Crippen LogP contribution in [0.5, 0.6) is 5.75 Å². The summed E-state index contributed by atoms with van der Waals surface area (Å²) < 4.78 is 5.84. The molecule has 0 bridgehead atoms. The smallest absolute Gasteiger partial charge is 0.326 e. The zero-order valence-electron chi connectivity index (χ0n) is 14.7. The van der Waals surface area contributed by atoms with Crippen molar-refractivity contribution in [1.82, 2.24) is 5.32 Å². The lowest BCUT2D eigenvalue weighted by atomic mass is 9.96. The molecule has 0 aromatic heterocycles. The van der Waals surface area contributed by atoms with Gasteiger partial charge in [-0.25, -0.2) is 4.79 Å². The third kappa shape index (κ3) is 5.35. The van der Waals surface area contributed by atoms with E-state index in [0.29, 0.717) is 6.61 Å². The molecule has 0 saturated heterocycles. The molecule has 0 aliphatic rings. The summed E-state index contributed by atoms with van der Waals surface area (Å²) in [5.41, 5.74) is 3.88. The van der Waals surface area contributed by atoms with Gasteiger partial charge in [-0.1, -0.05) is 30.3 Å². The number of aryl methyl sites for hydroxylation is 2. The maximum absolute atomic E-state index is 11.3. The molecule has 1 unspecified atom stereocenters. The van der Waals surface area contributed by atoms with Gasteiger partial charge in [0.05, 0.1) is 0 Å². The lowest BCUT2D eigenvalue weighted by Gasteiger charge is -2.18. The van der Waals surface area contributed by atoms with Crippen LogP contribution in [0.3, 0.4) is 0 Å². The van der Waals surface area contributed by atoms with E-state index < -0.39 is 12.0 Å². The fraction of sp³-hybridized carbons (Fsp3) is 0.300. The molecule has 5 heteroatoms. The highest BCUT2D eigenvalue weighted by Gasteiger charge is 2.21. The molecule has 2 rings (SSSR count). The van der Waals surface area contributed by atoms with Crippen molar-refractivity contribution in [2.45, 2.75) is 39.8 Å². The molecular formula is C20H23NO4. The van der Waals surface area contributed by atoms with E-state index in [1.54, 1.807) is 0 Å². The number of carbonyl (C=O) groups excluding carboxylic acids is 1. The SMILES string of the molecule is CC(=O)NC(Cc1c(C)cc(OCc2ccccc2)cc1C)C(=O)O. The minimum absolute atomic E-state index is 0.242. The van der Waals surface area contributed by atoms with Crippen molar-refractivity contribution in [2.75, 3.05) is 0 Å². The van der Waals surface area contributed by atoms with Crippen molar-refractivity contribution < 1.29 is 19.4 Å². The number of rotatable bonds is 7. The van der Waals surface area contributed by atoms with Gasteiger partial charge in [0.1, 0.15) is 18.4 Å². The fourth-order valence-corrected chi connectivity index (χ4v) is 2.75. The molecule has 0 aliphatic heterocycles. The average molecular weight is 341 g/mol. The molecule has 1 atom stereocenters. The van der Waals surface area contributed by atoms with Gasteiger partial charge >= 0.3 is 5.97 Å². The van der Waals surface area contributed by atoms with E-state index in [4.69, 9.17) is 4.74 Å². The van der Waals surface area contributed by atoms with Gasteiger partial charge in [0.15, 0.2) is 0 Å². The second-order valence-corrected chi connectivity index (χ2v) is 6.11. The molecule has 1 amide bonds. The van der Waals surface area contributed by atoms with Crippen LogP contribution in [0, 0.1) is 13.8 Å². The summed E-state index contributed by atoms with van der Waals surface area (Å²) in [5, 5.41) is 11.8. The highest BCUT2D eigenvalue weighted by atomic mass is 16.5. The fourth-order valence-electron chi connectivity index (χ4n) is 2.75. The number of carboxylic acid groups (broad SMARTS) is 1. The summed E-state index contributed by atoms with van der Waals surface area (Å²) in [6.07, 6.45) is 0.242. The molecule has 0 aliphatic carbocycles. The number of aliphatic carboxylic acids is 1. The van der Waals surface area contributed by atoms with Gasteiger partial charge in [0.2, 0.25) is 5.91 Å². The molecule has 0 spiro atoms. The average Bonchev–Trinajstić information content (AvgIpc) is 2.55. The number of benzene rings is 2. The summed E-state index contributed by atoms with van der Waals surface area (Å²) in [4.78, 5) is 22.5. The van der Waals surface area contributed by atoms with Gasteiger partial charge in [-0.15, -0.1) is 0 Å². The first-order chi connectivity index (χ1) is 11.9. The van der Waals surface area contributed by atoms with Gasteiger partial charge in [-0.3, -0.25) is 4.79 Å². The van der Waals surface area contributed by atoms with Gasteiger partial charge in [0, 0.05) is 13.3 Å². The summed E-state index contributed by atoms with van der Waals surface area (Å²) in [5.74, 6) is -0.655. The van der Waals surface area contributed by atoms with Crippen LogP contribution >= 0.6 is 0 Å². The molecule has 25 heavy (non-hydrogen) atoms. The highest BCUT2D eigenvalue weighted by Crippen LogP contribution is 2.24. The Morgan fingerprint density at radius 1 is 1.12 bits per heavy atom. The third-order valence-corrected chi connectivity index (χ3v) is 4.00. The number of carbonyl (C=O) groups is 2. The Morgan fingerprint density at radius 2 is 1.72 bits per heavy atom. The van der Waals surface area contributed by atoms with Crippen molar-refractivity contribution >= 4 is 11.9 Å². The van der Waals surface area contributed by atoms with E-state index in [-0.39, 0.29) is 12.3 Å².